The van der Waals surface area contributed by atoms with E-state index in [1.54, 1.807) is 6.07 Å². The lowest BCUT2D eigenvalue weighted by atomic mass is 10.2. The van der Waals surface area contributed by atoms with Crippen molar-refractivity contribution in [3.63, 3.8) is 0 Å². The number of rotatable bonds is 6. The summed E-state index contributed by atoms with van der Waals surface area (Å²) in [6.07, 6.45) is -3.93. The summed E-state index contributed by atoms with van der Waals surface area (Å²) >= 11 is 0. The van der Waals surface area contributed by atoms with Crippen LogP contribution < -0.4 is 10.1 Å². The smallest absolute Gasteiger partial charge is 0.469 e. The van der Waals surface area contributed by atoms with Gasteiger partial charge in [0.2, 0.25) is 0 Å². The van der Waals surface area contributed by atoms with E-state index in [0.717, 1.165) is 0 Å². The molecule has 4 nitrogen and oxygen atoms in total. The number of ether oxygens (including phenoxy) is 2. The fourth-order valence-electron chi connectivity index (χ4n) is 1.37. The molecule has 0 radical (unpaired) electrons. The molecular weight excluding hydrogens is 263 g/mol. The maximum Gasteiger partial charge on any atom is 0.573 e. The van der Waals surface area contributed by atoms with Crippen LogP contribution in [0.5, 0.6) is 5.75 Å². The first-order valence-electron chi connectivity index (χ1n) is 5.57. The Morgan fingerprint density at radius 1 is 1.37 bits per heavy atom. The van der Waals surface area contributed by atoms with Gasteiger partial charge in [-0.3, -0.25) is 4.79 Å². The lowest BCUT2D eigenvalue weighted by Crippen LogP contribution is -2.17. The average Bonchev–Trinajstić information content (AvgIpc) is 2.32. The van der Waals surface area contributed by atoms with Gasteiger partial charge in [0, 0.05) is 24.7 Å². The molecular formula is C12H14F3NO3. The second-order valence-electron chi connectivity index (χ2n) is 3.68. The zero-order valence-corrected chi connectivity index (χ0v) is 10.3. The van der Waals surface area contributed by atoms with Crippen LogP contribution >= 0.6 is 0 Å². The van der Waals surface area contributed by atoms with Crippen molar-refractivity contribution in [1.82, 2.24) is 0 Å². The number of nitrogens with one attached hydrogen (secondary N) is 1. The number of anilines is 1. The van der Waals surface area contributed by atoms with Gasteiger partial charge in [0.1, 0.15) is 5.75 Å². The summed E-state index contributed by atoms with van der Waals surface area (Å²) in [4.78, 5) is 10.8. The molecule has 0 aliphatic carbocycles. The molecule has 1 aromatic carbocycles. The molecule has 0 fully saturated rings. The lowest BCUT2D eigenvalue weighted by Gasteiger charge is -2.11. The number of esters is 1. The van der Waals surface area contributed by atoms with Crippen LogP contribution in [0.2, 0.25) is 0 Å². The molecule has 1 aromatic rings. The predicted octanol–water partition coefficient (Wildman–Crippen LogP) is 2.95. The summed E-state index contributed by atoms with van der Waals surface area (Å²) in [6, 6.07) is 5.52. The van der Waals surface area contributed by atoms with Crippen LogP contribution in [0, 0.1) is 0 Å². The van der Waals surface area contributed by atoms with Crippen molar-refractivity contribution < 1.29 is 27.4 Å². The van der Waals surface area contributed by atoms with Gasteiger partial charge in [-0.25, -0.2) is 0 Å². The largest absolute Gasteiger partial charge is 0.573 e. The molecule has 1 rings (SSSR count). The minimum absolute atomic E-state index is 0.252. The maximum absolute atomic E-state index is 12.0. The van der Waals surface area contributed by atoms with E-state index in [1.165, 1.54) is 25.3 Å². The molecule has 1 N–H and O–H groups in total. The molecule has 0 unspecified atom stereocenters. The number of methoxy groups -OCH3 is 1. The van der Waals surface area contributed by atoms with E-state index in [1.807, 2.05) is 0 Å². The molecule has 0 aliphatic rings. The molecule has 0 heterocycles. The number of halogens is 3. The van der Waals surface area contributed by atoms with Gasteiger partial charge < -0.3 is 14.8 Å². The molecule has 106 valence electrons. The molecule has 0 aromatic heterocycles. The highest BCUT2D eigenvalue weighted by Crippen LogP contribution is 2.24. The van der Waals surface area contributed by atoms with Crippen LogP contribution in [0.4, 0.5) is 18.9 Å². The SMILES string of the molecule is COC(=O)CCCNc1cccc(OC(F)(F)F)c1. The van der Waals surface area contributed by atoms with Gasteiger partial charge in [-0.15, -0.1) is 13.2 Å². The minimum Gasteiger partial charge on any atom is -0.469 e. The van der Waals surface area contributed by atoms with E-state index in [2.05, 4.69) is 14.8 Å². The van der Waals surface area contributed by atoms with Crippen molar-refractivity contribution in [3.05, 3.63) is 24.3 Å². The van der Waals surface area contributed by atoms with E-state index in [9.17, 15) is 18.0 Å². The summed E-state index contributed by atoms with van der Waals surface area (Å²) in [7, 11) is 1.30. The lowest BCUT2D eigenvalue weighted by molar-refractivity contribution is -0.274. The molecule has 0 saturated heterocycles. The Balaban J connectivity index is 2.42. The zero-order chi connectivity index (χ0) is 14.3. The first-order valence-corrected chi connectivity index (χ1v) is 5.57. The summed E-state index contributed by atoms with van der Waals surface area (Å²) < 4.78 is 44.3. The van der Waals surface area contributed by atoms with E-state index in [4.69, 9.17) is 0 Å². The molecule has 0 aliphatic heterocycles. The Kier molecular flexibility index (Phi) is 5.47. The Bertz CT molecular complexity index is 421. The van der Waals surface area contributed by atoms with Crippen LogP contribution in [-0.2, 0) is 9.53 Å². The Labute approximate surface area is 108 Å². The highest BCUT2D eigenvalue weighted by molar-refractivity contribution is 5.69. The maximum atomic E-state index is 12.0. The number of alkyl halides is 3. The number of hydrogen-bond donors (Lipinski definition) is 1. The average molecular weight is 277 g/mol. The van der Waals surface area contributed by atoms with E-state index in [-0.39, 0.29) is 18.1 Å². The number of carbonyl (C=O) groups is 1. The molecule has 0 amide bonds. The molecule has 0 atom stereocenters. The number of hydrogen-bond acceptors (Lipinski definition) is 4. The van der Waals surface area contributed by atoms with Crippen LogP contribution in [-0.4, -0.2) is 26.0 Å². The number of benzene rings is 1. The zero-order valence-electron chi connectivity index (χ0n) is 10.3. The van der Waals surface area contributed by atoms with Gasteiger partial charge in [0.25, 0.3) is 0 Å². The molecule has 0 spiro atoms. The van der Waals surface area contributed by atoms with Gasteiger partial charge >= 0.3 is 12.3 Å². The molecule has 0 saturated carbocycles. The first kappa shape index (κ1) is 15.1. The normalized spacial score (nSPS) is 10.9. The van der Waals surface area contributed by atoms with Crippen LogP contribution in [0.25, 0.3) is 0 Å². The summed E-state index contributed by atoms with van der Waals surface area (Å²) in [5.41, 5.74) is 0.492. The summed E-state index contributed by atoms with van der Waals surface area (Å²) in [5.74, 6) is -0.610. The van der Waals surface area contributed by atoms with Crippen molar-refractivity contribution in [2.45, 2.75) is 19.2 Å². The van der Waals surface area contributed by atoms with E-state index in [0.29, 0.717) is 18.7 Å². The first-order chi connectivity index (χ1) is 8.90. The highest BCUT2D eigenvalue weighted by Gasteiger charge is 2.31. The summed E-state index contributed by atoms with van der Waals surface area (Å²) in [6.45, 7) is 0.449. The van der Waals surface area contributed by atoms with Crippen LogP contribution in [0.1, 0.15) is 12.8 Å². The predicted molar refractivity (Wildman–Crippen MR) is 62.9 cm³/mol. The quantitative estimate of drug-likeness (QED) is 0.641. The highest BCUT2D eigenvalue weighted by atomic mass is 19.4. The minimum atomic E-state index is -4.70. The Morgan fingerprint density at radius 2 is 2.11 bits per heavy atom. The fourth-order valence-corrected chi connectivity index (χ4v) is 1.37. The molecule has 7 heteroatoms. The molecule has 19 heavy (non-hydrogen) atoms. The standard InChI is InChI=1S/C12H14F3NO3/c1-18-11(17)6-3-7-16-9-4-2-5-10(8-9)19-12(13,14)15/h2,4-5,8,16H,3,6-7H2,1H3. The van der Waals surface area contributed by atoms with Crippen molar-refractivity contribution in [2.75, 3.05) is 19.0 Å². The van der Waals surface area contributed by atoms with Gasteiger partial charge in [-0.1, -0.05) is 6.07 Å². The second kappa shape index (κ2) is 6.86. The van der Waals surface area contributed by atoms with Crippen molar-refractivity contribution >= 4 is 11.7 Å². The van der Waals surface area contributed by atoms with Gasteiger partial charge in [-0.05, 0) is 18.6 Å². The third-order valence-electron chi connectivity index (χ3n) is 2.18. The third kappa shape index (κ3) is 6.54. The molecule has 0 bridgehead atoms. The van der Waals surface area contributed by atoms with Crippen molar-refractivity contribution in [2.24, 2.45) is 0 Å². The van der Waals surface area contributed by atoms with Gasteiger partial charge in [0.15, 0.2) is 0 Å². The monoisotopic (exact) mass is 277 g/mol. The van der Waals surface area contributed by atoms with Crippen LogP contribution in [0.15, 0.2) is 24.3 Å². The summed E-state index contributed by atoms with van der Waals surface area (Å²) in [5, 5.41) is 2.90. The Hall–Kier alpha value is -1.92. The Morgan fingerprint density at radius 3 is 2.74 bits per heavy atom. The third-order valence-corrected chi connectivity index (χ3v) is 2.18. The second-order valence-corrected chi connectivity index (χ2v) is 3.68. The van der Waals surface area contributed by atoms with E-state index >= 15 is 0 Å². The van der Waals surface area contributed by atoms with Crippen molar-refractivity contribution in [1.29, 1.82) is 0 Å². The number of carbonyl (C=O) groups excluding carboxylic acids is 1. The van der Waals surface area contributed by atoms with Gasteiger partial charge in [0.05, 0.1) is 7.11 Å². The topological polar surface area (TPSA) is 47.6 Å². The van der Waals surface area contributed by atoms with Crippen molar-refractivity contribution in [3.8, 4) is 5.75 Å². The van der Waals surface area contributed by atoms with E-state index < -0.39 is 6.36 Å². The van der Waals surface area contributed by atoms with Gasteiger partial charge in [-0.2, -0.15) is 0 Å². The fraction of sp³-hybridized carbons (Fsp3) is 0.417. The van der Waals surface area contributed by atoms with Crippen LogP contribution in [0.3, 0.4) is 0 Å².